The Labute approximate surface area is 94.2 Å². The maximum atomic E-state index is 10.7. The molecule has 2 aromatic rings. The van der Waals surface area contributed by atoms with E-state index in [-0.39, 0.29) is 0 Å². The largest absolute Gasteiger partial charge is 0.296 e. The summed E-state index contributed by atoms with van der Waals surface area (Å²) in [5.74, 6) is 0. The van der Waals surface area contributed by atoms with E-state index in [2.05, 4.69) is 23.0 Å². The van der Waals surface area contributed by atoms with Crippen LogP contribution in [0, 0.1) is 0 Å². The van der Waals surface area contributed by atoms with Crippen molar-refractivity contribution in [2.24, 2.45) is 0 Å². The number of aryl methyl sites for hydroxylation is 1. The van der Waals surface area contributed by atoms with Crippen LogP contribution in [0.2, 0.25) is 0 Å². The van der Waals surface area contributed by atoms with Crippen molar-refractivity contribution in [3.05, 3.63) is 47.9 Å². The second kappa shape index (κ2) is 4.66. The van der Waals surface area contributed by atoms with E-state index in [0.29, 0.717) is 5.69 Å². The fourth-order valence-corrected chi connectivity index (χ4v) is 1.66. The molecule has 0 N–H and O–H groups in total. The molecule has 1 aromatic heterocycles. The number of nitrogens with zero attached hydrogens (tertiary/aromatic N) is 2. The smallest absolute Gasteiger partial charge is 0.168 e. The maximum Gasteiger partial charge on any atom is 0.168 e. The molecular formula is C13H12N2O. The van der Waals surface area contributed by atoms with Crippen LogP contribution < -0.4 is 0 Å². The van der Waals surface area contributed by atoms with Gasteiger partial charge in [0.25, 0.3) is 0 Å². The number of rotatable bonds is 3. The molecule has 1 heterocycles. The van der Waals surface area contributed by atoms with E-state index in [4.69, 9.17) is 0 Å². The highest BCUT2D eigenvalue weighted by atomic mass is 16.1. The van der Waals surface area contributed by atoms with Crippen LogP contribution in [0.25, 0.3) is 11.3 Å². The Morgan fingerprint density at radius 2 is 2.06 bits per heavy atom. The summed E-state index contributed by atoms with van der Waals surface area (Å²) >= 11 is 0. The zero-order valence-corrected chi connectivity index (χ0v) is 9.05. The van der Waals surface area contributed by atoms with Gasteiger partial charge in [-0.05, 0) is 18.1 Å². The van der Waals surface area contributed by atoms with Crippen LogP contribution in [0.3, 0.4) is 0 Å². The minimum absolute atomic E-state index is 0.413. The predicted octanol–water partition coefficient (Wildman–Crippen LogP) is 2.52. The number of aromatic nitrogens is 2. The summed E-state index contributed by atoms with van der Waals surface area (Å²) in [6, 6.07) is 9.76. The fourth-order valence-electron chi connectivity index (χ4n) is 1.66. The van der Waals surface area contributed by atoms with Gasteiger partial charge in [-0.25, -0.2) is 9.97 Å². The fraction of sp³-hybridized carbons (Fsp3) is 0.154. The van der Waals surface area contributed by atoms with Crippen LogP contribution in [0.15, 0.2) is 36.7 Å². The predicted molar refractivity (Wildman–Crippen MR) is 62.2 cm³/mol. The molecule has 0 unspecified atom stereocenters. The number of hydrogen-bond acceptors (Lipinski definition) is 3. The van der Waals surface area contributed by atoms with Gasteiger partial charge in [-0.15, -0.1) is 0 Å². The standard InChI is InChI=1S/C13H12N2O/c1-2-10-5-3-4-6-12(10)13-7-11(8-16)14-9-15-13/h3-9H,2H2,1H3. The Morgan fingerprint density at radius 1 is 1.25 bits per heavy atom. The lowest BCUT2D eigenvalue weighted by Crippen LogP contribution is -1.94. The summed E-state index contributed by atoms with van der Waals surface area (Å²) in [6.45, 7) is 2.10. The van der Waals surface area contributed by atoms with Crippen molar-refractivity contribution in [1.29, 1.82) is 0 Å². The first kappa shape index (κ1) is 10.5. The topological polar surface area (TPSA) is 42.9 Å². The SMILES string of the molecule is CCc1ccccc1-c1cc(C=O)ncn1. The van der Waals surface area contributed by atoms with Crippen LogP contribution in [0.5, 0.6) is 0 Å². The van der Waals surface area contributed by atoms with Crippen molar-refractivity contribution in [1.82, 2.24) is 9.97 Å². The molecule has 80 valence electrons. The van der Waals surface area contributed by atoms with E-state index in [1.165, 1.54) is 11.9 Å². The maximum absolute atomic E-state index is 10.7. The van der Waals surface area contributed by atoms with Crippen molar-refractivity contribution in [2.75, 3.05) is 0 Å². The van der Waals surface area contributed by atoms with Gasteiger partial charge >= 0.3 is 0 Å². The normalized spacial score (nSPS) is 10.1. The van der Waals surface area contributed by atoms with Gasteiger partial charge in [-0.2, -0.15) is 0 Å². The lowest BCUT2D eigenvalue weighted by Gasteiger charge is -2.06. The van der Waals surface area contributed by atoms with Gasteiger partial charge in [0.15, 0.2) is 6.29 Å². The molecule has 0 saturated carbocycles. The molecule has 0 amide bonds. The second-order valence-corrected chi connectivity index (χ2v) is 3.46. The van der Waals surface area contributed by atoms with E-state index in [1.54, 1.807) is 6.07 Å². The Morgan fingerprint density at radius 3 is 2.81 bits per heavy atom. The number of hydrogen-bond donors (Lipinski definition) is 0. The van der Waals surface area contributed by atoms with Gasteiger partial charge in [-0.1, -0.05) is 31.2 Å². The summed E-state index contributed by atoms with van der Waals surface area (Å²) in [6.07, 6.45) is 3.10. The van der Waals surface area contributed by atoms with Crippen LogP contribution in [-0.4, -0.2) is 16.3 Å². The van der Waals surface area contributed by atoms with Crippen molar-refractivity contribution in [3.63, 3.8) is 0 Å². The zero-order chi connectivity index (χ0) is 11.4. The van der Waals surface area contributed by atoms with E-state index >= 15 is 0 Å². The van der Waals surface area contributed by atoms with E-state index in [0.717, 1.165) is 24.0 Å². The van der Waals surface area contributed by atoms with Crippen LogP contribution in [0.4, 0.5) is 0 Å². The molecule has 0 aliphatic carbocycles. The summed E-state index contributed by atoms with van der Waals surface area (Å²) in [5, 5.41) is 0. The highest BCUT2D eigenvalue weighted by Crippen LogP contribution is 2.21. The highest BCUT2D eigenvalue weighted by molar-refractivity contribution is 5.75. The van der Waals surface area contributed by atoms with Gasteiger partial charge in [0.05, 0.1) is 5.69 Å². The number of aldehydes is 1. The third-order valence-electron chi connectivity index (χ3n) is 2.48. The van der Waals surface area contributed by atoms with E-state index in [1.807, 2.05) is 18.2 Å². The average Bonchev–Trinajstić information content (AvgIpc) is 2.38. The monoisotopic (exact) mass is 212 g/mol. The number of carbonyl (C=O) groups excluding carboxylic acids is 1. The Hall–Kier alpha value is -2.03. The Kier molecular flexibility index (Phi) is 3.05. The molecule has 0 aliphatic rings. The first-order valence-corrected chi connectivity index (χ1v) is 5.20. The van der Waals surface area contributed by atoms with Gasteiger partial charge in [-0.3, -0.25) is 4.79 Å². The summed E-state index contributed by atoms with van der Waals surface area (Å²) < 4.78 is 0. The minimum atomic E-state index is 0.413. The van der Waals surface area contributed by atoms with E-state index < -0.39 is 0 Å². The summed E-state index contributed by atoms with van der Waals surface area (Å²) in [5.41, 5.74) is 3.50. The summed E-state index contributed by atoms with van der Waals surface area (Å²) in [7, 11) is 0. The lowest BCUT2D eigenvalue weighted by molar-refractivity contribution is 0.111. The molecular weight excluding hydrogens is 200 g/mol. The Bertz CT molecular complexity index is 509. The molecule has 3 nitrogen and oxygen atoms in total. The quantitative estimate of drug-likeness (QED) is 0.734. The first-order chi connectivity index (χ1) is 7.85. The zero-order valence-electron chi connectivity index (χ0n) is 9.05. The van der Waals surface area contributed by atoms with Gasteiger partial charge < -0.3 is 0 Å². The molecule has 0 atom stereocenters. The lowest BCUT2D eigenvalue weighted by atomic mass is 10.0. The van der Waals surface area contributed by atoms with Gasteiger partial charge in [0.1, 0.15) is 12.0 Å². The third-order valence-corrected chi connectivity index (χ3v) is 2.48. The molecule has 0 aliphatic heterocycles. The third kappa shape index (κ3) is 1.98. The molecule has 3 heteroatoms. The van der Waals surface area contributed by atoms with Crippen molar-refractivity contribution in [2.45, 2.75) is 13.3 Å². The first-order valence-electron chi connectivity index (χ1n) is 5.20. The molecule has 0 saturated heterocycles. The van der Waals surface area contributed by atoms with Crippen LogP contribution in [-0.2, 0) is 6.42 Å². The van der Waals surface area contributed by atoms with Crippen LogP contribution >= 0.6 is 0 Å². The van der Waals surface area contributed by atoms with Gasteiger partial charge in [0, 0.05) is 5.56 Å². The molecule has 2 rings (SSSR count). The average molecular weight is 212 g/mol. The highest BCUT2D eigenvalue weighted by Gasteiger charge is 2.05. The number of benzene rings is 1. The minimum Gasteiger partial charge on any atom is -0.296 e. The summed E-state index contributed by atoms with van der Waals surface area (Å²) in [4.78, 5) is 18.7. The number of carbonyl (C=O) groups is 1. The molecule has 1 aromatic carbocycles. The molecule has 0 fully saturated rings. The molecule has 0 radical (unpaired) electrons. The van der Waals surface area contributed by atoms with Crippen LogP contribution in [0.1, 0.15) is 23.0 Å². The van der Waals surface area contributed by atoms with E-state index in [9.17, 15) is 4.79 Å². The van der Waals surface area contributed by atoms with Crippen molar-refractivity contribution >= 4 is 6.29 Å². The molecule has 0 spiro atoms. The van der Waals surface area contributed by atoms with Crippen molar-refractivity contribution < 1.29 is 4.79 Å². The molecule has 0 bridgehead atoms. The van der Waals surface area contributed by atoms with Crippen molar-refractivity contribution in [3.8, 4) is 11.3 Å². The second-order valence-electron chi connectivity index (χ2n) is 3.46. The molecule has 16 heavy (non-hydrogen) atoms. The van der Waals surface area contributed by atoms with Gasteiger partial charge in [0.2, 0.25) is 0 Å². The Balaban J connectivity index is 2.53.